The van der Waals surface area contributed by atoms with Gasteiger partial charge in [-0.05, 0) is 35.5 Å². The molecular formula is C2H4Cl2N2S. The largest absolute Gasteiger partial charge is 0.192 e. The molecule has 0 aliphatic carbocycles. The third-order valence-corrected chi connectivity index (χ3v) is 2.19. The third-order valence-electron chi connectivity index (χ3n) is 0.603. The lowest BCUT2D eigenvalue weighted by atomic mass is 11.1. The van der Waals surface area contributed by atoms with Crippen LogP contribution >= 0.6 is 35.5 Å². The molecule has 1 heterocycles. The van der Waals surface area contributed by atoms with Gasteiger partial charge < -0.3 is 0 Å². The molecule has 0 aromatic rings. The van der Waals surface area contributed by atoms with Gasteiger partial charge in [0.15, 0.2) is 0 Å². The van der Waals surface area contributed by atoms with Crippen molar-refractivity contribution in [1.82, 2.24) is 8.24 Å². The van der Waals surface area contributed by atoms with Crippen molar-refractivity contribution in [3.8, 4) is 0 Å². The van der Waals surface area contributed by atoms with Crippen molar-refractivity contribution in [3.05, 3.63) is 0 Å². The summed E-state index contributed by atoms with van der Waals surface area (Å²) >= 11 is 12.5. The smallest absolute Gasteiger partial charge is 0.0922 e. The molecule has 42 valence electrons. The molecule has 0 aromatic heterocycles. The van der Waals surface area contributed by atoms with Gasteiger partial charge in [0.2, 0.25) is 0 Å². The minimum absolute atomic E-state index is 0.633. The predicted molar refractivity (Wildman–Crippen MR) is 32.7 cm³/mol. The zero-order valence-corrected chi connectivity index (χ0v) is 5.80. The minimum Gasteiger partial charge on any atom is -0.192 e. The predicted octanol–water partition coefficient (Wildman–Crippen LogP) is 1.47. The Balaban J connectivity index is 2.26. The van der Waals surface area contributed by atoms with Crippen molar-refractivity contribution in [2.75, 3.05) is 12.5 Å². The van der Waals surface area contributed by atoms with Crippen LogP contribution in [-0.2, 0) is 0 Å². The van der Waals surface area contributed by atoms with Crippen molar-refractivity contribution in [1.29, 1.82) is 0 Å². The molecule has 0 amide bonds. The van der Waals surface area contributed by atoms with Crippen molar-refractivity contribution < 1.29 is 0 Å². The highest BCUT2D eigenvalue weighted by Crippen LogP contribution is 2.23. The lowest BCUT2D eigenvalue weighted by Gasteiger charge is -1.98. The van der Waals surface area contributed by atoms with E-state index < -0.39 is 0 Å². The van der Waals surface area contributed by atoms with Crippen molar-refractivity contribution in [2.45, 2.75) is 0 Å². The van der Waals surface area contributed by atoms with Crippen LogP contribution in [0.5, 0.6) is 0 Å². The highest BCUT2D eigenvalue weighted by atomic mass is 35.5. The molecule has 1 fully saturated rings. The number of nitrogens with zero attached hydrogens (tertiary/aromatic N) is 2. The van der Waals surface area contributed by atoms with E-state index in [0.29, 0.717) is 6.67 Å². The van der Waals surface area contributed by atoms with Crippen LogP contribution in [0.2, 0.25) is 0 Å². The number of halogens is 2. The zero-order chi connectivity index (χ0) is 5.28. The SMILES string of the molecule is ClN1CSN(Cl)C1. The Labute approximate surface area is 56.7 Å². The highest BCUT2D eigenvalue weighted by molar-refractivity contribution is 7.98. The van der Waals surface area contributed by atoms with Gasteiger partial charge in [0, 0.05) is 0 Å². The Bertz CT molecular complexity index is 62.7. The Hall–Kier alpha value is 0.850. The molecule has 0 aromatic carbocycles. The maximum absolute atomic E-state index is 5.49. The zero-order valence-electron chi connectivity index (χ0n) is 3.47. The lowest BCUT2D eigenvalue weighted by Crippen LogP contribution is -2.08. The van der Waals surface area contributed by atoms with Gasteiger partial charge in [-0.15, -0.1) is 3.82 Å². The standard InChI is InChI=1S/C2H4Cl2N2S/c3-5-1-6(4)7-2-5/h1-2H2. The molecule has 5 heteroatoms. The van der Waals surface area contributed by atoms with Gasteiger partial charge >= 0.3 is 0 Å². The number of rotatable bonds is 0. The van der Waals surface area contributed by atoms with Gasteiger partial charge in [-0.3, -0.25) is 0 Å². The van der Waals surface area contributed by atoms with Gasteiger partial charge in [0.1, 0.15) is 0 Å². The maximum Gasteiger partial charge on any atom is 0.0922 e. The van der Waals surface area contributed by atoms with Crippen LogP contribution in [0, 0.1) is 0 Å². The lowest BCUT2D eigenvalue weighted by molar-refractivity contribution is 0.492. The van der Waals surface area contributed by atoms with E-state index in [1.807, 2.05) is 0 Å². The van der Waals surface area contributed by atoms with Crippen LogP contribution < -0.4 is 0 Å². The second-order valence-electron chi connectivity index (χ2n) is 1.18. The quantitative estimate of drug-likeness (QED) is 0.390. The first-order chi connectivity index (χ1) is 3.29. The molecule has 0 bridgehead atoms. The number of hydrogen-bond acceptors (Lipinski definition) is 3. The molecule has 1 aliphatic heterocycles. The van der Waals surface area contributed by atoms with Gasteiger partial charge in [-0.1, -0.05) is 0 Å². The van der Waals surface area contributed by atoms with Crippen LogP contribution in [0.1, 0.15) is 0 Å². The van der Waals surface area contributed by atoms with Crippen molar-refractivity contribution in [2.24, 2.45) is 0 Å². The van der Waals surface area contributed by atoms with E-state index >= 15 is 0 Å². The molecular weight excluding hydrogens is 155 g/mol. The molecule has 1 aliphatic rings. The molecule has 0 atom stereocenters. The van der Waals surface area contributed by atoms with E-state index in [9.17, 15) is 0 Å². The van der Waals surface area contributed by atoms with Crippen LogP contribution in [0.4, 0.5) is 0 Å². The summed E-state index contributed by atoms with van der Waals surface area (Å²) in [5, 5.41) is 0. The van der Waals surface area contributed by atoms with E-state index in [-0.39, 0.29) is 0 Å². The topological polar surface area (TPSA) is 6.48 Å². The van der Waals surface area contributed by atoms with Gasteiger partial charge in [-0.2, -0.15) is 4.42 Å². The van der Waals surface area contributed by atoms with Crippen molar-refractivity contribution >= 4 is 35.5 Å². The first-order valence-corrected chi connectivity index (χ1v) is 3.38. The molecule has 1 saturated heterocycles. The monoisotopic (exact) mass is 158 g/mol. The molecule has 0 radical (unpaired) electrons. The Morgan fingerprint density at radius 1 is 1.43 bits per heavy atom. The third kappa shape index (κ3) is 1.66. The van der Waals surface area contributed by atoms with Crippen molar-refractivity contribution in [3.63, 3.8) is 0 Å². The minimum atomic E-state index is 0.633. The normalized spacial score (nSPS) is 26.6. The summed E-state index contributed by atoms with van der Waals surface area (Å²) in [6.07, 6.45) is 0. The van der Waals surface area contributed by atoms with E-state index in [2.05, 4.69) is 0 Å². The molecule has 0 unspecified atom stereocenters. The van der Waals surface area contributed by atoms with E-state index in [4.69, 9.17) is 23.6 Å². The average Bonchev–Trinajstić information content (AvgIpc) is 1.87. The Morgan fingerprint density at radius 2 is 2.14 bits per heavy atom. The summed E-state index contributed by atoms with van der Waals surface area (Å²) in [6.45, 7) is 0.633. The van der Waals surface area contributed by atoms with E-state index in [1.54, 1.807) is 8.24 Å². The number of hydrogen-bond donors (Lipinski definition) is 0. The van der Waals surface area contributed by atoms with Crippen LogP contribution in [0.15, 0.2) is 0 Å². The highest BCUT2D eigenvalue weighted by Gasteiger charge is 2.15. The van der Waals surface area contributed by atoms with Crippen LogP contribution in [-0.4, -0.2) is 20.8 Å². The molecule has 0 spiro atoms. The summed E-state index contributed by atoms with van der Waals surface area (Å²) < 4.78 is 3.17. The van der Waals surface area contributed by atoms with Gasteiger partial charge in [0.05, 0.1) is 12.5 Å². The fraction of sp³-hybridized carbons (Fsp3) is 1.00. The fourth-order valence-electron chi connectivity index (χ4n) is 0.328. The Kier molecular flexibility index (Phi) is 2.06. The molecule has 7 heavy (non-hydrogen) atoms. The maximum atomic E-state index is 5.49. The Morgan fingerprint density at radius 3 is 2.29 bits per heavy atom. The van der Waals surface area contributed by atoms with Gasteiger partial charge in [-0.25, -0.2) is 0 Å². The van der Waals surface area contributed by atoms with Crippen LogP contribution in [0.3, 0.4) is 0 Å². The van der Waals surface area contributed by atoms with Crippen LogP contribution in [0.25, 0.3) is 0 Å². The molecule has 2 nitrogen and oxygen atoms in total. The second-order valence-corrected chi connectivity index (χ2v) is 3.22. The van der Waals surface area contributed by atoms with Gasteiger partial charge in [0.25, 0.3) is 0 Å². The summed E-state index contributed by atoms with van der Waals surface area (Å²) in [4.78, 5) is 0. The average molecular weight is 159 g/mol. The summed E-state index contributed by atoms with van der Waals surface area (Å²) in [5.41, 5.74) is 0. The fourth-order valence-corrected chi connectivity index (χ4v) is 1.50. The second kappa shape index (κ2) is 2.42. The first kappa shape index (κ1) is 5.98. The summed E-state index contributed by atoms with van der Waals surface area (Å²) in [7, 11) is 0. The summed E-state index contributed by atoms with van der Waals surface area (Å²) in [6, 6.07) is 0. The molecule has 0 N–H and O–H groups in total. The first-order valence-electron chi connectivity index (χ1n) is 1.76. The van der Waals surface area contributed by atoms with E-state index in [1.165, 1.54) is 11.9 Å². The molecule has 1 rings (SSSR count). The molecule has 0 saturated carbocycles. The summed E-state index contributed by atoms with van der Waals surface area (Å²) in [5.74, 6) is 0.783. The van der Waals surface area contributed by atoms with E-state index in [0.717, 1.165) is 5.88 Å².